The van der Waals surface area contributed by atoms with Crippen molar-refractivity contribution in [3.63, 3.8) is 0 Å². The van der Waals surface area contributed by atoms with Gasteiger partial charge in [0.25, 0.3) is 5.69 Å². The van der Waals surface area contributed by atoms with E-state index < -0.39 is 4.92 Å². The van der Waals surface area contributed by atoms with E-state index in [9.17, 15) is 14.9 Å². The fourth-order valence-corrected chi connectivity index (χ4v) is 3.69. The molecule has 0 saturated carbocycles. The summed E-state index contributed by atoms with van der Waals surface area (Å²) in [5.74, 6) is -0.301. The van der Waals surface area contributed by atoms with Crippen LogP contribution in [0.15, 0.2) is 30.3 Å². The standard InChI is InChI=1S/C17H18N4O3S/c1-2-20-9-8-14-15(11-20)25-17(18-14)19-16(22)7-6-12-4-3-5-13(10-12)21(23)24/h3-7,10H,2,8-9,11H2,1H3,(H,18,19,22)/b7-6+. The maximum atomic E-state index is 12.1. The number of amides is 1. The molecule has 1 aromatic heterocycles. The Morgan fingerprint density at radius 1 is 1.52 bits per heavy atom. The van der Waals surface area contributed by atoms with E-state index in [1.165, 1.54) is 34.4 Å². The molecule has 3 rings (SSSR count). The Kier molecular flexibility index (Phi) is 5.20. The lowest BCUT2D eigenvalue weighted by Crippen LogP contribution is -2.29. The zero-order chi connectivity index (χ0) is 17.8. The number of carbonyl (C=O) groups excluding carboxylic acids is 1. The molecule has 0 unspecified atom stereocenters. The number of likely N-dealkylation sites (N-methyl/N-ethyl adjacent to an activating group) is 1. The average molecular weight is 358 g/mol. The lowest BCUT2D eigenvalue weighted by Gasteiger charge is -2.23. The van der Waals surface area contributed by atoms with Crippen LogP contribution in [-0.2, 0) is 17.8 Å². The van der Waals surface area contributed by atoms with Gasteiger partial charge in [0.2, 0.25) is 5.91 Å². The van der Waals surface area contributed by atoms with E-state index >= 15 is 0 Å². The molecular weight excluding hydrogens is 340 g/mol. The van der Waals surface area contributed by atoms with Gasteiger partial charge >= 0.3 is 0 Å². The first kappa shape index (κ1) is 17.2. The Morgan fingerprint density at radius 2 is 2.36 bits per heavy atom. The van der Waals surface area contributed by atoms with E-state index in [-0.39, 0.29) is 11.6 Å². The number of nitrogens with one attached hydrogen (secondary N) is 1. The van der Waals surface area contributed by atoms with E-state index in [1.54, 1.807) is 18.2 Å². The Morgan fingerprint density at radius 3 is 3.12 bits per heavy atom. The third-order valence-electron chi connectivity index (χ3n) is 4.00. The molecule has 1 aliphatic rings. The Balaban J connectivity index is 1.64. The average Bonchev–Trinajstić information content (AvgIpc) is 3.01. The van der Waals surface area contributed by atoms with Gasteiger partial charge in [0.15, 0.2) is 5.13 Å². The number of carbonyl (C=O) groups is 1. The monoisotopic (exact) mass is 358 g/mol. The summed E-state index contributed by atoms with van der Waals surface area (Å²) in [6.07, 6.45) is 3.81. The minimum atomic E-state index is -0.461. The number of fused-ring (bicyclic) bond motifs is 1. The lowest BCUT2D eigenvalue weighted by atomic mass is 10.2. The molecule has 130 valence electrons. The molecule has 0 radical (unpaired) electrons. The molecule has 25 heavy (non-hydrogen) atoms. The highest BCUT2D eigenvalue weighted by Gasteiger charge is 2.19. The van der Waals surface area contributed by atoms with Crippen molar-refractivity contribution in [2.75, 3.05) is 18.4 Å². The molecule has 1 amide bonds. The van der Waals surface area contributed by atoms with Gasteiger partial charge in [-0.3, -0.25) is 25.1 Å². The number of rotatable bonds is 5. The number of anilines is 1. The molecular formula is C17H18N4O3S. The van der Waals surface area contributed by atoms with Crippen molar-refractivity contribution < 1.29 is 9.72 Å². The van der Waals surface area contributed by atoms with Crippen LogP contribution in [0.1, 0.15) is 23.1 Å². The Hall–Kier alpha value is -2.58. The molecule has 0 spiro atoms. The molecule has 1 aliphatic heterocycles. The van der Waals surface area contributed by atoms with Crippen molar-refractivity contribution in [2.24, 2.45) is 0 Å². The van der Waals surface area contributed by atoms with Crippen LogP contribution in [0.4, 0.5) is 10.8 Å². The van der Waals surface area contributed by atoms with Crippen molar-refractivity contribution in [1.29, 1.82) is 0 Å². The van der Waals surface area contributed by atoms with Gasteiger partial charge in [-0.2, -0.15) is 0 Å². The largest absolute Gasteiger partial charge is 0.298 e. The van der Waals surface area contributed by atoms with Gasteiger partial charge < -0.3 is 0 Å². The number of hydrogen-bond donors (Lipinski definition) is 1. The SMILES string of the molecule is CCN1CCc2nc(NC(=O)/C=C/c3cccc([N+](=O)[O-])c3)sc2C1. The third-order valence-corrected chi connectivity index (χ3v) is 4.99. The van der Waals surface area contributed by atoms with Gasteiger partial charge in [-0.05, 0) is 18.2 Å². The summed E-state index contributed by atoms with van der Waals surface area (Å²) in [5, 5.41) is 14.1. The number of aromatic nitrogens is 1. The topological polar surface area (TPSA) is 88.4 Å². The molecule has 1 N–H and O–H groups in total. The first-order valence-corrected chi connectivity index (χ1v) is 8.81. The van der Waals surface area contributed by atoms with Gasteiger partial charge in [0, 0.05) is 42.6 Å². The third kappa shape index (κ3) is 4.28. The molecule has 1 aromatic carbocycles. The number of hydrogen-bond acceptors (Lipinski definition) is 6. The van der Waals surface area contributed by atoms with Crippen LogP contribution >= 0.6 is 11.3 Å². The normalized spacial score (nSPS) is 14.4. The van der Waals surface area contributed by atoms with Crippen molar-refractivity contribution in [3.8, 4) is 0 Å². The van der Waals surface area contributed by atoms with Crippen LogP contribution in [-0.4, -0.2) is 33.8 Å². The minimum Gasteiger partial charge on any atom is -0.298 e. The van der Waals surface area contributed by atoms with Crippen LogP contribution in [0.3, 0.4) is 0 Å². The minimum absolute atomic E-state index is 0.00404. The number of nitro groups is 1. The number of thiazole rings is 1. The first-order valence-electron chi connectivity index (χ1n) is 7.99. The van der Waals surface area contributed by atoms with Crippen LogP contribution in [0.2, 0.25) is 0 Å². The maximum absolute atomic E-state index is 12.1. The summed E-state index contributed by atoms with van der Waals surface area (Å²) < 4.78 is 0. The second kappa shape index (κ2) is 7.54. The van der Waals surface area contributed by atoms with Crippen LogP contribution in [0.25, 0.3) is 6.08 Å². The van der Waals surface area contributed by atoms with Crippen molar-refractivity contribution >= 4 is 34.1 Å². The Labute approximate surface area is 149 Å². The first-order chi connectivity index (χ1) is 12.0. The molecule has 0 fully saturated rings. The van der Waals surface area contributed by atoms with Crippen molar-refractivity contribution in [3.05, 3.63) is 56.6 Å². The molecule has 8 heteroatoms. The highest BCUT2D eigenvalue weighted by Crippen LogP contribution is 2.28. The van der Waals surface area contributed by atoms with Gasteiger partial charge in [-0.15, -0.1) is 11.3 Å². The predicted octanol–water partition coefficient (Wildman–Crippen LogP) is 3.08. The summed E-state index contributed by atoms with van der Waals surface area (Å²) in [6.45, 7) is 5.01. The smallest absolute Gasteiger partial charge is 0.270 e. The summed E-state index contributed by atoms with van der Waals surface area (Å²) in [6, 6.07) is 6.13. The molecule has 7 nitrogen and oxygen atoms in total. The summed E-state index contributed by atoms with van der Waals surface area (Å²) in [7, 11) is 0. The van der Waals surface area contributed by atoms with Gasteiger partial charge in [0.1, 0.15) is 0 Å². The molecule has 2 aromatic rings. The zero-order valence-corrected chi connectivity index (χ0v) is 14.6. The van der Waals surface area contributed by atoms with Gasteiger partial charge in [-0.1, -0.05) is 19.1 Å². The zero-order valence-electron chi connectivity index (χ0n) is 13.8. The molecule has 2 heterocycles. The second-order valence-corrected chi connectivity index (χ2v) is 6.77. The van der Waals surface area contributed by atoms with E-state index in [0.717, 1.165) is 31.7 Å². The maximum Gasteiger partial charge on any atom is 0.270 e. The Bertz CT molecular complexity index is 831. The fourth-order valence-electron chi connectivity index (χ4n) is 2.63. The second-order valence-electron chi connectivity index (χ2n) is 5.68. The summed E-state index contributed by atoms with van der Waals surface area (Å²) >= 11 is 1.50. The van der Waals surface area contributed by atoms with Crippen molar-refractivity contribution in [2.45, 2.75) is 19.9 Å². The van der Waals surface area contributed by atoms with E-state index in [4.69, 9.17) is 0 Å². The number of non-ortho nitro benzene ring substituents is 1. The number of nitro benzene ring substituents is 1. The van der Waals surface area contributed by atoms with E-state index in [1.807, 2.05) is 0 Å². The highest BCUT2D eigenvalue weighted by atomic mass is 32.1. The molecule has 0 saturated heterocycles. The lowest BCUT2D eigenvalue weighted by molar-refractivity contribution is -0.384. The van der Waals surface area contributed by atoms with Crippen LogP contribution in [0, 0.1) is 10.1 Å². The van der Waals surface area contributed by atoms with Gasteiger partial charge in [0.05, 0.1) is 10.6 Å². The van der Waals surface area contributed by atoms with Crippen LogP contribution in [0.5, 0.6) is 0 Å². The molecule has 0 aliphatic carbocycles. The van der Waals surface area contributed by atoms with Crippen molar-refractivity contribution in [1.82, 2.24) is 9.88 Å². The highest BCUT2D eigenvalue weighted by molar-refractivity contribution is 7.15. The van der Waals surface area contributed by atoms with E-state index in [2.05, 4.69) is 22.1 Å². The van der Waals surface area contributed by atoms with Crippen LogP contribution < -0.4 is 5.32 Å². The molecule has 0 bridgehead atoms. The van der Waals surface area contributed by atoms with Gasteiger partial charge in [-0.25, -0.2) is 4.98 Å². The molecule has 0 atom stereocenters. The summed E-state index contributed by atoms with van der Waals surface area (Å²) in [5.41, 5.74) is 1.66. The fraction of sp³-hybridized carbons (Fsp3) is 0.294. The predicted molar refractivity (Wildman–Crippen MR) is 97.5 cm³/mol. The summed E-state index contributed by atoms with van der Waals surface area (Å²) in [4.78, 5) is 30.4. The quantitative estimate of drug-likeness (QED) is 0.504. The number of benzene rings is 1. The number of nitrogens with zero attached hydrogens (tertiary/aromatic N) is 3. The van der Waals surface area contributed by atoms with E-state index in [0.29, 0.717) is 10.7 Å².